The highest BCUT2D eigenvalue weighted by Gasteiger charge is 2.08. The monoisotopic (exact) mass is 424 g/mol. The second-order valence-electron chi connectivity index (χ2n) is 6.79. The van der Waals surface area contributed by atoms with Crippen molar-refractivity contribution in [1.82, 2.24) is 15.6 Å². The van der Waals surface area contributed by atoms with Crippen LogP contribution < -0.4 is 20.1 Å². The summed E-state index contributed by atoms with van der Waals surface area (Å²) in [6.45, 7) is 5.88. The Kier molecular flexibility index (Phi) is 7.68. The zero-order valence-corrected chi connectivity index (χ0v) is 18.7. The number of nitrogens with zero attached hydrogens (tertiary/aromatic N) is 2. The van der Waals surface area contributed by atoms with E-state index in [2.05, 4.69) is 27.5 Å². The van der Waals surface area contributed by atoms with Gasteiger partial charge in [0, 0.05) is 18.5 Å². The fraction of sp³-hybridized carbons (Fsp3) is 0.304. The molecule has 3 rings (SSSR count). The van der Waals surface area contributed by atoms with Gasteiger partial charge in [0.05, 0.1) is 19.3 Å². The van der Waals surface area contributed by atoms with E-state index in [1.807, 2.05) is 55.5 Å². The Morgan fingerprint density at radius 2 is 1.77 bits per heavy atom. The molecule has 0 spiro atoms. The predicted molar refractivity (Wildman–Crippen MR) is 122 cm³/mol. The molecule has 7 heteroatoms. The Balaban J connectivity index is 1.54. The van der Waals surface area contributed by atoms with Crippen LogP contribution in [0.2, 0.25) is 0 Å². The van der Waals surface area contributed by atoms with Crippen LogP contribution in [-0.2, 0) is 19.7 Å². The predicted octanol–water partition coefficient (Wildman–Crippen LogP) is 4.21. The molecule has 1 heterocycles. The Morgan fingerprint density at radius 1 is 1.00 bits per heavy atom. The smallest absolute Gasteiger partial charge is 0.191 e. The van der Waals surface area contributed by atoms with E-state index in [0.29, 0.717) is 25.4 Å². The molecule has 0 bridgehead atoms. The van der Waals surface area contributed by atoms with Crippen molar-refractivity contribution >= 4 is 17.3 Å². The minimum absolute atomic E-state index is 0.501. The van der Waals surface area contributed by atoms with Gasteiger partial charge < -0.3 is 20.1 Å². The van der Waals surface area contributed by atoms with E-state index >= 15 is 0 Å². The molecule has 30 heavy (non-hydrogen) atoms. The number of aromatic nitrogens is 1. The molecule has 0 fully saturated rings. The Morgan fingerprint density at radius 3 is 2.43 bits per heavy atom. The topological polar surface area (TPSA) is 67.8 Å². The average molecular weight is 425 g/mol. The van der Waals surface area contributed by atoms with Crippen molar-refractivity contribution < 1.29 is 9.47 Å². The van der Waals surface area contributed by atoms with Crippen LogP contribution in [0.15, 0.2) is 53.5 Å². The third-order valence-electron chi connectivity index (χ3n) is 4.63. The number of benzene rings is 2. The number of thiazole rings is 1. The molecule has 3 aromatic rings. The molecule has 158 valence electrons. The Bertz CT molecular complexity index is 967. The van der Waals surface area contributed by atoms with Crippen molar-refractivity contribution in [2.45, 2.75) is 33.5 Å². The standard InChI is InChI=1S/C23H28N4O2S/c1-16-17(2)30-22(27-16)14-26-23(24-3)25-13-19-10-11-20(21(12-19)28-4)29-15-18-8-6-5-7-9-18/h5-12H,13-15H2,1-4H3,(H2,24,25,26). The molecule has 0 aliphatic rings. The van der Waals surface area contributed by atoms with Gasteiger partial charge in [0.1, 0.15) is 11.6 Å². The molecule has 0 aliphatic carbocycles. The van der Waals surface area contributed by atoms with Crippen molar-refractivity contribution in [3.8, 4) is 11.5 Å². The normalized spacial score (nSPS) is 11.3. The van der Waals surface area contributed by atoms with Gasteiger partial charge in [-0.05, 0) is 37.1 Å². The number of methoxy groups -OCH3 is 1. The lowest BCUT2D eigenvalue weighted by atomic mass is 10.2. The fourth-order valence-electron chi connectivity index (χ4n) is 2.86. The largest absolute Gasteiger partial charge is 0.493 e. The van der Waals surface area contributed by atoms with Crippen LogP contribution in [0, 0.1) is 13.8 Å². The second kappa shape index (κ2) is 10.6. The van der Waals surface area contributed by atoms with Gasteiger partial charge >= 0.3 is 0 Å². The number of ether oxygens (including phenoxy) is 2. The van der Waals surface area contributed by atoms with E-state index in [-0.39, 0.29) is 0 Å². The maximum absolute atomic E-state index is 5.93. The summed E-state index contributed by atoms with van der Waals surface area (Å²) in [6.07, 6.45) is 0. The summed E-state index contributed by atoms with van der Waals surface area (Å²) in [7, 11) is 3.41. The average Bonchev–Trinajstić information content (AvgIpc) is 3.10. The first-order chi connectivity index (χ1) is 14.6. The van der Waals surface area contributed by atoms with Crippen LogP contribution in [0.25, 0.3) is 0 Å². The summed E-state index contributed by atoms with van der Waals surface area (Å²) >= 11 is 1.70. The summed E-state index contributed by atoms with van der Waals surface area (Å²) in [4.78, 5) is 10.1. The SMILES string of the molecule is CN=C(NCc1ccc(OCc2ccccc2)c(OC)c1)NCc1nc(C)c(C)s1. The highest BCUT2D eigenvalue weighted by molar-refractivity contribution is 7.11. The van der Waals surface area contributed by atoms with Crippen LogP contribution in [0.5, 0.6) is 11.5 Å². The van der Waals surface area contributed by atoms with Crippen molar-refractivity contribution in [2.24, 2.45) is 4.99 Å². The third-order valence-corrected chi connectivity index (χ3v) is 5.70. The van der Waals surface area contributed by atoms with E-state index in [1.165, 1.54) is 4.88 Å². The summed E-state index contributed by atoms with van der Waals surface area (Å²) < 4.78 is 11.4. The van der Waals surface area contributed by atoms with Crippen molar-refractivity contribution in [3.05, 3.63) is 75.2 Å². The lowest BCUT2D eigenvalue weighted by Gasteiger charge is -2.14. The molecule has 0 atom stereocenters. The molecule has 6 nitrogen and oxygen atoms in total. The number of rotatable bonds is 8. The van der Waals surface area contributed by atoms with Gasteiger partial charge in [-0.15, -0.1) is 11.3 Å². The molecule has 0 amide bonds. The summed E-state index contributed by atoms with van der Waals surface area (Å²) in [6, 6.07) is 16.0. The zero-order valence-electron chi connectivity index (χ0n) is 17.9. The minimum atomic E-state index is 0.501. The van der Waals surface area contributed by atoms with E-state index in [1.54, 1.807) is 25.5 Å². The highest BCUT2D eigenvalue weighted by atomic mass is 32.1. The Hall–Kier alpha value is -3.06. The van der Waals surface area contributed by atoms with Gasteiger partial charge in [0.15, 0.2) is 17.5 Å². The van der Waals surface area contributed by atoms with Gasteiger partial charge in [-0.2, -0.15) is 0 Å². The quantitative estimate of drug-likeness (QED) is 0.419. The minimum Gasteiger partial charge on any atom is -0.493 e. The van der Waals surface area contributed by atoms with E-state index < -0.39 is 0 Å². The van der Waals surface area contributed by atoms with Gasteiger partial charge in [0.25, 0.3) is 0 Å². The summed E-state index contributed by atoms with van der Waals surface area (Å²) in [5, 5.41) is 7.68. The maximum atomic E-state index is 5.93. The lowest BCUT2D eigenvalue weighted by Crippen LogP contribution is -2.36. The first kappa shape index (κ1) is 21.6. The maximum Gasteiger partial charge on any atom is 0.191 e. The van der Waals surface area contributed by atoms with Crippen LogP contribution in [0.4, 0.5) is 0 Å². The van der Waals surface area contributed by atoms with Gasteiger partial charge in [-0.1, -0.05) is 36.4 Å². The molecule has 0 unspecified atom stereocenters. The van der Waals surface area contributed by atoms with Crippen LogP contribution in [0.1, 0.15) is 26.7 Å². The van der Waals surface area contributed by atoms with Gasteiger partial charge in [-0.3, -0.25) is 4.99 Å². The highest BCUT2D eigenvalue weighted by Crippen LogP contribution is 2.28. The molecule has 2 N–H and O–H groups in total. The van der Waals surface area contributed by atoms with Gasteiger partial charge in [0.2, 0.25) is 0 Å². The van der Waals surface area contributed by atoms with Gasteiger partial charge in [-0.25, -0.2) is 4.98 Å². The number of nitrogens with one attached hydrogen (secondary N) is 2. The Labute approximate surface area is 182 Å². The zero-order chi connectivity index (χ0) is 21.3. The van der Waals surface area contributed by atoms with E-state index in [9.17, 15) is 0 Å². The van der Waals surface area contributed by atoms with E-state index in [0.717, 1.165) is 33.5 Å². The molecule has 0 radical (unpaired) electrons. The molecule has 0 saturated carbocycles. The van der Waals surface area contributed by atoms with Crippen molar-refractivity contribution in [1.29, 1.82) is 0 Å². The third kappa shape index (κ3) is 5.97. The van der Waals surface area contributed by atoms with E-state index in [4.69, 9.17) is 9.47 Å². The molecule has 0 saturated heterocycles. The second-order valence-corrected chi connectivity index (χ2v) is 8.08. The van der Waals surface area contributed by atoms with Crippen molar-refractivity contribution in [3.63, 3.8) is 0 Å². The number of hydrogen-bond donors (Lipinski definition) is 2. The number of hydrogen-bond acceptors (Lipinski definition) is 5. The number of aryl methyl sites for hydroxylation is 2. The summed E-state index contributed by atoms with van der Waals surface area (Å²) in [5.74, 6) is 2.16. The number of aliphatic imine (C=N–C) groups is 1. The molecule has 0 aliphatic heterocycles. The van der Waals surface area contributed by atoms with Crippen molar-refractivity contribution in [2.75, 3.05) is 14.2 Å². The number of guanidine groups is 1. The molecular formula is C23H28N4O2S. The van der Waals surface area contributed by atoms with Crippen LogP contribution in [-0.4, -0.2) is 25.1 Å². The summed E-state index contributed by atoms with van der Waals surface area (Å²) in [5.41, 5.74) is 3.27. The first-order valence-electron chi connectivity index (χ1n) is 9.80. The molecule has 1 aromatic heterocycles. The van der Waals surface area contributed by atoms with Crippen LogP contribution in [0.3, 0.4) is 0 Å². The molecular weight excluding hydrogens is 396 g/mol. The molecule has 2 aromatic carbocycles. The fourth-order valence-corrected chi connectivity index (χ4v) is 3.73. The van der Waals surface area contributed by atoms with Crippen LogP contribution >= 0.6 is 11.3 Å². The lowest BCUT2D eigenvalue weighted by molar-refractivity contribution is 0.284. The first-order valence-corrected chi connectivity index (χ1v) is 10.6.